The predicted molar refractivity (Wildman–Crippen MR) is 132 cm³/mol. The number of fused-ring (bicyclic) bond motifs is 1. The minimum atomic E-state index is -0.489. The van der Waals surface area contributed by atoms with Crippen LogP contribution < -0.4 is 10.1 Å². The number of hydrogen-bond acceptors (Lipinski definition) is 6. The summed E-state index contributed by atoms with van der Waals surface area (Å²) in [6, 6.07) is 28.7. The van der Waals surface area contributed by atoms with Crippen molar-refractivity contribution in [3.63, 3.8) is 0 Å². The average Bonchev–Trinajstić information content (AvgIpc) is 3.32. The number of nitrogens with zero attached hydrogens (tertiary/aromatic N) is 2. The summed E-state index contributed by atoms with van der Waals surface area (Å²) >= 11 is 0. The van der Waals surface area contributed by atoms with Crippen molar-refractivity contribution in [2.45, 2.75) is 0 Å². The molecule has 0 aliphatic rings. The molecule has 1 aromatic heterocycles. The Labute approximate surface area is 200 Å². The molecule has 5 aromatic rings. The van der Waals surface area contributed by atoms with E-state index in [-0.39, 0.29) is 24.1 Å². The topological polar surface area (TPSA) is 108 Å². The van der Waals surface area contributed by atoms with Crippen LogP contribution in [0.4, 0.5) is 11.4 Å². The minimum absolute atomic E-state index is 0.0760. The van der Waals surface area contributed by atoms with Crippen molar-refractivity contribution in [2.75, 3.05) is 11.9 Å². The second-order valence-electron chi connectivity index (χ2n) is 7.70. The van der Waals surface area contributed by atoms with E-state index >= 15 is 0 Å². The van der Waals surface area contributed by atoms with Gasteiger partial charge >= 0.3 is 0 Å². The number of nitrogens with one attached hydrogen (secondary N) is 1. The summed E-state index contributed by atoms with van der Waals surface area (Å²) in [7, 11) is 0. The minimum Gasteiger partial charge on any atom is -0.484 e. The van der Waals surface area contributed by atoms with Crippen molar-refractivity contribution in [2.24, 2.45) is 0 Å². The van der Waals surface area contributed by atoms with Crippen LogP contribution in [-0.4, -0.2) is 22.4 Å². The van der Waals surface area contributed by atoms with Crippen LogP contribution in [-0.2, 0) is 4.79 Å². The van der Waals surface area contributed by atoms with E-state index in [0.29, 0.717) is 28.1 Å². The summed E-state index contributed by atoms with van der Waals surface area (Å²) in [5, 5.41) is 13.8. The van der Waals surface area contributed by atoms with Crippen LogP contribution in [0.2, 0.25) is 0 Å². The number of amides is 1. The number of para-hydroxylation sites is 1. The van der Waals surface area contributed by atoms with Crippen LogP contribution in [0.3, 0.4) is 0 Å². The van der Waals surface area contributed by atoms with Gasteiger partial charge in [-0.25, -0.2) is 4.98 Å². The van der Waals surface area contributed by atoms with E-state index in [1.165, 1.54) is 18.2 Å². The molecule has 0 aliphatic heterocycles. The molecule has 0 saturated heterocycles. The van der Waals surface area contributed by atoms with Crippen molar-refractivity contribution >= 4 is 28.4 Å². The van der Waals surface area contributed by atoms with Crippen LogP contribution in [0, 0.1) is 10.1 Å². The van der Waals surface area contributed by atoms with E-state index in [0.717, 1.165) is 11.1 Å². The number of non-ortho nitro benzene ring substituents is 1. The van der Waals surface area contributed by atoms with Crippen LogP contribution in [0.1, 0.15) is 0 Å². The van der Waals surface area contributed by atoms with Gasteiger partial charge < -0.3 is 14.5 Å². The second-order valence-corrected chi connectivity index (χ2v) is 7.70. The molecule has 172 valence electrons. The summed E-state index contributed by atoms with van der Waals surface area (Å²) in [5.74, 6) is 0.471. The average molecular weight is 465 g/mol. The van der Waals surface area contributed by atoms with E-state index in [4.69, 9.17) is 9.15 Å². The lowest BCUT2D eigenvalue weighted by Gasteiger charge is -2.10. The van der Waals surface area contributed by atoms with Gasteiger partial charge in [-0.15, -0.1) is 0 Å². The lowest BCUT2D eigenvalue weighted by molar-refractivity contribution is -0.384. The molecule has 0 fully saturated rings. The van der Waals surface area contributed by atoms with Gasteiger partial charge in [-0.3, -0.25) is 14.9 Å². The first-order chi connectivity index (χ1) is 17.1. The van der Waals surface area contributed by atoms with Gasteiger partial charge in [0.1, 0.15) is 11.3 Å². The van der Waals surface area contributed by atoms with Gasteiger partial charge in [0.15, 0.2) is 12.2 Å². The highest BCUT2D eigenvalue weighted by Crippen LogP contribution is 2.31. The fourth-order valence-electron chi connectivity index (χ4n) is 3.63. The number of oxazole rings is 1. The first kappa shape index (κ1) is 21.8. The van der Waals surface area contributed by atoms with Gasteiger partial charge in [0, 0.05) is 12.1 Å². The Balaban J connectivity index is 1.28. The zero-order valence-corrected chi connectivity index (χ0v) is 18.4. The third kappa shape index (κ3) is 4.86. The van der Waals surface area contributed by atoms with Crippen molar-refractivity contribution < 1.29 is 18.9 Å². The van der Waals surface area contributed by atoms with E-state index in [9.17, 15) is 14.9 Å². The molecule has 0 unspecified atom stereocenters. The SMILES string of the molecule is O=C(COc1ccc(-c2ccccc2)cc1)Nc1ccccc1-c1nc2cc([N+](=O)[O-])ccc2o1. The Morgan fingerprint density at radius 2 is 1.63 bits per heavy atom. The van der Waals surface area contributed by atoms with Crippen LogP contribution in [0.5, 0.6) is 5.75 Å². The first-order valence-corrected chi connectivity index (χ1v) is 10.8. The Morgan fingerprint density at radius 3 is 2.40 bits per heavy atom. The summed E-state index contributed by atoms with van der Waals surface area (Å²) < 4.78 is 11.4. The van der Waals surface area contributed by atoms with E-state index in [2.05, 4.69) is 10.3 Å². The summed E-state index contributed by atoms with van der Waals surface area (Å²) in [4.78, 5) is 27.5. The molecule has 0 saturated carbocycles. The molecule has 0 atom stereocenters. The van der Waals surface area contributed by atoms with E-state index in [1.54, 1.807) is 24.3 Å². The molecule has 0 spiro atoms. The van der Waals surface area contributed by atoms with Crippen molar-refractivity contribution in [3.05, 3.63) is 107 Å². The Bertz CT molecular complexity index is 1510. The highest BCUT2D eigenvalue weighted by atomic mass is 16.6. The molecule has 1 N–H and O–H groups in total. The number of carbonyl (C=O) groups is 1. The highest BCUT2D eigenvalue weighted by molar-refractivity contribution is 5.96. The number of hydrogen-bond donors (Lipinski definition) is 1. The zero-order chi connectivity index (χ0) is 24.2. The molecular formula is C27H19N3O5. The number of nitro groups is 1. The quantitative estimate of drug-likeness (QED) is 0.230. The van der Waals surface area contributed by atoms with Gasteiger partial charge in [0.05, 0.1) is 16.2 Å². The Hall–Kier alpha value is -4.98. The molecule has 4 aromatic carbocycles. The normalized spacial score (nSPS) is 10.7. The van der Waals surface area contributed by atoms with E-state index < -0.39 is 4.92 Å². The highest BCUT2D eigenvalue weighted by Gasteiger charge is 2.16. The van der Waals surface area contributed by atoms with Gasteiger partial charge in [0.2, 0.25) is 5.89 Å². The maximum Gasteiger partial charge on any atom is 0.271 e. The monoisotopic (exact) mass is 465 g/mol. The van der Waals surface area contributed by atoms with Crippen molar-refractivity contribution in [1.82, 2.24) is 4.98 Å². The molecule has 0 bridgehead atoms. The summed E-state index contributed by atoms with van der Waals surface area (Å²) in [6.07, 6.45) is 0. The Morgan fingerprint density at radius 1 is 0.914 bits per heavy atom. The van der Waals surface area contributed by atoms with Gasteiger partial charge in [-0.1, -0.05) is 54.6 Å². The number of nitro benzene ring substituents is 1. The largest absolute Gasteiger partial charge is 0.484 e. The van der Waals surface area contributed by atoms with Crippen LogP contribution in [0.15, 0.2) is 101 Å². The van der Waals surface area contributed by atoms with Gasteiger partial charge in [0.25, 0.3) is 11.6 Å². The third-order valence-electron chi connectivity index (χ3n) is 5.34. The van der Waals surface area contributed by atoms with Gasteiger partial charge in [-0.05, 0) is 41.5 Å². The maximum absolute atomic E-state index is 12.6. The predicted octanol–water partition coefficient (Wildman–Crippen LogP) is 6.09. The van der Waals surface area contributed by atoms with Crippen molar-refractivity contribution in [1.29, 1.82) is 0 Å². The standard InChI is InChI=1S/C27H19N3O5/c31-26(17-34-21-13-10-19(11-14-21)18-6-2-1-3-7-18)28-23-9-5-4-8-22(23)27-29-24-16-20(30(32)33)12-15-25(24)35-27/h1-16H,17H2,(H,28,31). The molecule has 8 heteroatoms. The number of benzene rings is 4. The molecule has 1 heterocycles. The lowest BCUT2D eigenvalue weighted by atomic mass is 10.1. The third-order valence-corrected chi connectivity index (χ3v) is 5.34. The number of rotatable bonds is 7. The number of anilines is 1. The molecule has 0 radical (unpaired) electrons. The lowest BCUT2D eigenvalue weighted by Crippen LogP contribution is -2.20. The fourth-order valence-corrected chi connectivity index (χ4v) is 3.63. The summed E-state index contributed by atoms with van der Waals surface area (Å²) in [6.45, 7) is -0.182. The smallest absolute Gasteiger partial charge is 0.271 e. The fraction of sp³-hybridized carbons (Fsp3) is 0.0370. The van der Waals surface area contributed by atoms with E-state index in [1.807, 2.05) is 54.6 Å². The molecule has 8 nitrogen and oxygen atoms in total. The van der Waals surface area contributed by atoms with Crippen LogP contribution >= 0.6 is 0 Å². The number of carbonyl (C=O) groups excluding carboxylic acids is 1. The number of ether oxygens (including phenoxy) is 1. The molecular weight excluding hydrogens is 446 g/mol. The van der Waals surface area contributed by atoms with Crippen molar-refractivity contribution in [3.8, 4) is 28.3 Å². The molecule has 1 amide bonds. The molecule has 0 aliphatic carbocycles. The van der Waals surface area contributed by atoms with Gasteiger partial charge in [-0.2, -0.15) is 0 Å². The summed E-state index contributed by atoms with van der Waals surface area (Å²) in [5.41, 5.74) is 3.88. The molecule has 5 rings (SSSR count). The maximum atomic E-state index is 12.6. The Kier molecular flexibility index (Phi) is 5.92. The van der Waals surface area contributed by atoms with Crippen LogP contribution in [0.25, 0.3) is 33.7 Å². The first-order valence-electron chi connectivity index (χ1n) is 10.8. The molecule has 35 heavy (non-hydrogen) atoms. The second kappa shape index (κ2) is 9.48. The number of aromatic nitrogens is 1. The zero-order valence-electron chi connectivity index (χ0n) is 18.4.